The molecule has 2 heterocycles. The van der Waals surface area contributed by atoms with E-state index in [9.17, 15) is 14.7 Å². The minimum atomic E-state index is -0.713. The van der Waals surface area contributed by atoms with E-state index in [1.54, 1.807) is 48.5 Å². The number of aliphatic hydroxyl groups is 1. The number of ketones is 1. The number of hydrogen-bond acceptors (Lipinski definition) is 4. The molecule has 1 amide bonds. The highest BCUT2D eigenvalue weighted by atomic mass is 35.5. The van der Waals surface area contributed by atoms with E-state index in [0.29, 0.717) is 41.4 Å². The van der Waals surface area contributed by atoms with Gasteiger partial charge in [0.25, 0.3) is 11.7 Å². The maximum Gasteiger partial charge on any atom is 0.295 e. The first kappa shape index (κ1) is 21.6. The lowest BCUT2D eigenvalue weighted by Crippen LogP contribution is -2.36. The van der Waals surface area contributed by atoms with Gasteiger partial charge in [-0.3, -0.25) is 14.6 Å². The summed E-state index contributed by atoms with van der Waals surface area (Å²) < 4.78 is 7.20. The zero-order chi connectivity index (χ0) is 22.7. The monoisotopic (exact) mass is 452 g/mol. The van der Waals surface area contributed by atoms with Crippen molar-refractivity contribution in [2.75, 3.05) is 13.7 Å². The van der Waals surface area contributed by atoms with Crippen molar-refractivity contribution < 1.29 is 24.0 Å². The topological polar surface area (TPSA) is 86.5 Å². The van der Waals surface area contributed by atoms with Gasteiger partial charge in [-0.15, -0.1) is 0 Å². The molecule has 1 atom stereocenters. The first-order valence-corrected chi connectivity index (χ1v) is 10.6. The summed E-state index contributed by atoms with van der Waals surface area (Å²) in [6.07, 6.45) is 6.17. The third-order valence-corrected chi connectivity index (χ3v) is 5.74. The van der Waals surface area contributed by atoms with Gasteiger partial charge in [0.05, 0.1) is 25.3 Å². The van der Waals surface area contributed by atoms with Crippen LogP contribution in [0.1, 0.15) is 23.6 Å². The van der Waals surface area contributed by atoms with Crippen LogP contribution in [0.2, 0.25) is 5.02 Å². The molecule has 0 radical (unpaired) electrons. The number of aromatic amines is 1. The fraction of sp³-hybridized carbons (Fsp3) is 0.208. The number of likely N-dealkylation sites (tertiary alicyclic amines) is 1. The molecule has 2 aromatic carbocycles. The second-order valence-corrected chi connectivity index (χ2v) is 7.92. The molecule has 0 bridgehead atoms. The first-order chi connectivity index (χ1) is 15.5. The van der Waals surface area contributed by atoms with Crippen LogP contribution < -0.4 is 9.30 Å². The van der Waals surface area contributed by atoms with Crippen molar-refractivity contribution in [1.29, 1.82) is 0 Å². The number of hydrogen-bond donors (Lipinski definition) is 2. The molecule has 1 aromatic heterocycles. The number of Topliss-reactive ketones (excluding diaryl/α,β-unsaturated/α-hetero) is 1. The third-order valence-electron chi connectivity index (χ3n) is 5.49. The van der Waals surface area contributed by atoms with Crippen molar-refractivity contribution >= 4 is 29.1 Å². The smallest absolute Gasteiger partial charge is 0.295 e. The largest absolute Gasteiger partial charge is 0.507 e. The van der Waals surface area contributed by atoms with E-state index in [0.717, 1.165) is 0 Å². The molecule has 8 heteroatoms. The average Bonchev–Trinajstić information content (AvgIpc) is 3.41. The number of nitrogens with zero attached hydrogens (tertiary/aromatic N) is 2. The molecular formula is C24H23ClN3O4+. The number of rotatable bonds is 7. The predicted molar refractivity (Wildman–Crippen MR) is 119 cm³/mol. The summed E-state index contributed by atoms with van der Waals surface area (Å²) in [5.41, 5.74) is 1.16. The van der Waals surface area contributed by atoms with E-state index in [1.807, 2.05) is 23.3 Å². The molecule has 2 N–H and O–H groups in total. The molecule has 0 spiro atoms. The van der Waals surface area contributed by atoms with Gasteiger partial charge in [-0.1, -0.05) is 35.9 Å². The molecule has 1 saturated heterocycles. The van der Waals surface area contributed by atoms with Crippen LogP contribution >= 0.6 is 11.6 Å². The van der Waals surface area contributed by atoms with Crippen LogP contribution in [0.25, 0.3) is 5.76 Å². The molecule has 7 nitrogen and oxygen atoms in total. The van der Waals surface area contributed by atoms with Crippen LogP contribution in [0.5, 0.6) is 5.75 Å². The van der Waals surface area contributed by atoms with Gasteiger partial charge in [-0.2, -0.15) is 0 Å². The molecule has 32 heavy (non-hydrogen) atoms. The molecule has 1 aliphatic rings. The minimum absolute atomic E-state index is 0.0554. The van der Waals surface area contributed by atoms with Gasteiger partial charge < -0.3 is 14.7 Å². The van der Waals surface area contributed by atoms with E-state index in [1.165, 1.54) is 12.0 Å². The van der Waals surface area contributed by atoms with Crippen LogP contribution in [0.3, 0.4) is 0 Å². The van der Waals surface area contributed by atoms with Gasteiger partial charge in [-0.05, 0) is 29.8 Å². The minimum Gasteiger partial charge on any atom is -0.507 e. The number of H-pyrrole nitrogens is 1. The molecule has 1 aliphatic heterocycles. The van der Waals surface area contributed by atoms with Crippen LogP contribution in [-0.4, -0.2) is 40.3 Å². The van der Waals surface area contributed by atoms with Crippen molar-refractivity contribution in [2.45, 2.75) is 19.0 Å². The lowest BCUT2D eigenvalue weighted by molar-refractivity contribution is -0.695. The van der Waals surface area contributed by atoms with E-state index in [-0.39, 0.29) is 11.3 Å². The van der Waals surface area contributed by atoms with Crippen molar-refractivity contribution in [1.82, 2.24) is 9.88 Å². The lowest BCUT2D eigenvalue weighted by atomic mass is 9.95. The molecule has 4 rings (SSSR count). The third kappa shape index (κ3) is 4.24. The highest BCUT2D eigenvalue weighted by molar-refractivity contribution is 6.46. The van der Waals surface area contributed by atoms with Crippen molar-refractivity contribution in [3.63, 3.8) is 0 Å². The number of carbonyl (C=O) groups is 2. The van der Waals surface area contributed by atoms with Gasteiger partial charge >= 0.3 is 0 Å². The van der Waals surface area contributed by atoms with Gasteiger partial charge in [0, 0.05) is 23.6 Å². The van der Waals surface area contributed by atoms with Gasteiger partial charge in [0.1, 0.15) is 23.9 Å². The molecule has 0 saturated carbocycles. The van der Waals surface area contributed by atoms with Crippen LogP contribution in [-0.2, 0) is 16.1 Å². The fourth-order valence-corrected chi connectivity index (χ4v) is 4.04. The highest BCUT2D eigenvalue weighted by Crippen LogP contribution is 2.40. The number of nitrogens with one attached hydrogen (secondary N) is 1. The molecule has 3 aromatic rings. The Morgan fingerprint density at radius 1 is 1.22 bits per heavy atom. The maximum atomic E-state index is 13.1. The number of aryl methyl sites for hydroxylation is 1. The molecule has 1 fully saturated rings. The Bertz CT molecular complexity index is 1160. The molecular weight excluding hydrogens is 430 g/mol. The number of aliphatic hydroxyl groups excluding tert-OH is 1. The first-order valence-electron chi connectivity index (χ1n) is 10.2. The second-order valence-electron chi connectivity index (χ2n) is 7.48. The SMILES string of the molecule is COc1cccc(/C(O)=C2\C(=O)C(=O)N(CCC[n+]3cc[nH]c3)C2c2ccc(Cl)cc2)c1. The number of halogens is 1. The molecule has 1 unspecified atom stereocenters. The number of aromatic nitrogens is 2. The van der Waals surface area contributed by atoms with Crippen molar-refractivity contribution in [3.8, 4) is 5.75 Å². The Labute approximate surface area is 190 Å². The van der Waals surface area contributed by atoms with Crippen LogP contribution in [0, 0.1) is 0 Å². The number of amides is 1. The zero-order valence-corrected chi connectivity index (χ0v) is 18.2. The Morgan fingerprint density at radius 3 is 2.69 bits per heavy atom. The van der Waals surface area contributed by atoms with E-state index in [2.05, 4.69) is 4.98 Å². The normalized spacial score (nSPS) is 17.7. The summed E-state index contributed by atoms with van der Waals surface area (Å²) in [5, 5.41) is 11.6. The quantitative estimate of drug-likeness (QED) is 0.249. The summed E-state index contributed by atoms with van der Waals surface area (Å²) in [4.78, 5) is 30.5. The van der Waals surface area contributed by atoms with Gasteiger partial charge in [0.15, 0.2) is 0 Å². The van der Waals surface area contributed by atoms with Gasteiger partial charge in [-0.25, -0.2) is 4.57 Å². The zero-order valence-electron chi connectivity index (χ0n) is 17.5. The standard InChI is InChI=1S/C24H22ClN3O4/c1-32-19-5-2-4-17(14-19)22(29)20-21(16-6-8-18(25)9-7-16)28(24(31)23(20)30)12-3-11-27-13-10-26-15-27/h2,4-10,13-15,21H,3,11-12H2,1H3,(H,29,30)/p+1. The van der Waals surface area contributed by atoms with Crippen LogP contribution in [0.4, 0.5) is 0 Å². The van der Waals surface area contributed by atoms with Crippen LogP contribution in [0.15, 0.2) is 72.8 Å². The molecule has 0 aliphatic carbocycles. The van der Waals surface area contributed by atoms with E-state index < -0.39 is 17.7 Å². The number of benzene rings is 2. The average molecular weight is 453 g/mol. The highest BCUT2D eigenvalue weighted by Gasteiger charge is 2.45. The fourth-order valence-electron chi connectivity index (χ4n) is 3.91. The Hall–Kier alpha value is -3.58. The summed E-state index contributed by atoms with van der Waals surface area (Å²) in [7, 11) is 1.52. The van der Waals surface area contributed by atoms with Crippen molar-refractivity contribution in [3.05, 3.63) is 89.0 Å². The number of ether oxygens (including phenoxy) is 1. The Morgan fingerprint density at radius 2 is 2.00 bits per heavy atom. The summed E-state index contributed by atoms with van der Waals surface area (Å²) in [5.74, 6) is -1.03. The number of carbonyl (C=O) groups excluding carboxylic acids is 2. The summed E-state index contributed by atoms with van der Waals surface area (Å²) >= 11 is 6.05. The van der Waals surface area contributed by atoms with E-state index >= 15 is 0 Å². The Kier molecular flexibility index (Phi) is 6.28. The number of methoxy groups -OCH3 is 1. The van der Waals surface area contributed by atoms with E-state index in [4.69, 9.17) is 16.3 Å². The second kappa shape index (κ2) is 9.28. The lowest BCUT2D eigenvalue weighted by Gasteiger charge is -2.25. The number of imidazole rings is 1. The summed E-state index contributed by atoms with van der Waals surface area (Å²) in [6.45, 7) is 1.03. The Balaban J connectivity index is 1.73. The summed E-state index contributed by atoms with van der Waals surface area (Å²) in [6, 6.07) is 13.0. The van der Waals surface area contributed by atoms with Gasteiger partial charge in [0.2, 0.25) is 6.33 Å². The van der Waals surface area contributed by atoms with Crippen molar-refractivity contribution in [2.24, 2.45) is 0 Å². The predicted octanol–water partition coefficient (Wildman–Crippen LogP) is 3.48. The molecule has 164 valence electrons. The maximum absolute atomic E-state index is 13.1.